The van der Waals surface area contributed by atoms with Crippen molar-refractivity contribution in [3.63, 3.8) is 0 Å². The third-order valence-corrected chi connectivity index (χ3v) is 4.57. The van der Waals surface area contributed by atoms with Gasteiger partial charge < -0.3 is 11.5 Å². The van der Waals surface area contributed by atoms with Crippen molar-refractivity contribution in [1.29, 1.82) is 0 Å². The summed E-state index contributed by atoms with van der Waals surface area (Å²) in [6, 6.07) is 0.342. The lowest BCUT2D eigenvalue weighted by molar-refractivity contribution is 0.480. The maximum absolute atomic E-state index is 5.94. The third kappa shape index (κ3) is 16.1. The average Bonchev–Trinajstić information content (AvgIpc) is 2.47. The smallest absolute Gasteiger partial charge is 0.0189 e. The molecular weight excluding hydrogens is 256 g/mol. The Bertz CT molecular complexity index is 192. The Morgan fingerprint density at radius 3 is 1.24 bits per heavy atom. The van der Waals surface area contributed by atoms with Crippen molar-refractivity contribution in [3.05, 3.63) is 0 Å². The zero-order valence-corrected chi connectivity index (χ0v) is 14.9. The van der Waals surface area contributed by atoms with E-state index in [9.17, 15) is 0 Å². The van der Waals surface area contributed by atoms with Gasteiger partial charge in [-0.05, 0) is 13.3 Å². The fourth-order valence-corrected chi connectivity index (χ4v) is 2.84. The quantitative estimate of drug-likeness (QED) is 0.368. The van der Waals surface area contributed by atoms with Crippen molar-refractivity contribution in [2.24, 2.45) is 11.5 Å². The van der Waals surface area contributed by atoms with E-state index in [4.69, 9.17) is 11.5 Å². The van der Waals surface area contributed by atoms with Crippen LogP contribution in [-0.2, 0) is 0 Å². The lowest BCUT2D eigenvalue weighted by atomic mass is 10.0. The Morgan fingerprint density at radius 2 is 0.905 bits per heavy atom. The largest absolute Gasteiger partial charge is 0.327 e. The second-order valence-corrected chi connectivity index (χ2v) is 6.91. The molecule has 0 aromatic carbocycles. The van der Waals surface area contributed by atoms with E-state index in [1.165, 1.54) is 89.9 Å². The molecule has 0 heterocycles. The summed E-state index contributed by atoms with van der Waals surface area (Å²) in [5.74, 6) is 0. The van der Waals surface area contributed by atoms with Crippen LogP contribution in [0.25, 0.3) is 0 Å². The molecule has 0 radical (unpaired) electrons. The van der Waals surface area contributed by atoms with E-state index in [0.717, 1.165) is 6.42 Å². The zero-order valence-electron chi connectivity index (χ0n) is 14.9. The van der Waals surface area contributed by atoms with Gasteiger partial charge in [-0.25, -0.2) is 0 Å². The number of rotatable bonds is 16. The van der Waals surface area contributed by atoms with E-state index in [1.54, 1.807) is 0 Å². The molecule has 0 aromatic rings. The molecule has 0 aliphatic heterocycles. The van der Waals surface area contributed by atoms with Gasteiger partial charge in [0, 0.05) is 12.1 Å². The predicted molar refractivity (Wildman–Crippen MR) is 96.6 cm³/mol. The van der Waals surface area contributed by atoms with Crippen LogP contribution in [0.15, 0.2) is 0 Å². The maximum atomic E-state index is 5.94. The number of unbranched alkanes of at least 4 members (excludes halogenated alkanes) is 13. The van der Waals surface area contributed by atoms with Gasteiger partial charge in [-0.2, -0.15) is 0 Å². The molecule has 2 nitrogen and oxygen atoms in total. The SMILES string of the molecule is CCCCCCCCCCCCCCCCC(N)C(C)N. The van der Waals surface area contributed by atoms with Gasteiger partial charge in [-0.3, -0.25) is 0 Å². The van der Waals surface area contributed by atoms with Gasteiger partial charge in [0.1, 0.15) is 0 Å². The lowest BCUT2D eigenvalue weighted by Gasteiger charge is -2.14. The summed E-state index contributed by atoms with van der Waals surface area (Å²) in [5.41, 5.74) is 11.7. The minimum absolute atomic E-state index is 0.145. The van der Waals surface area contributed by atoms with Crippen LogP contribution in [0.4, 0.5) is 0 Å². The van der Waals surface area contributed by atoms with Crippen LogP contribution in [0, 0.1) is 0 Å². The summed E-state index contributed by atoms with van der Waals surface area (Å²) in [4.78, 5) is 0. The van der Waals surface area contributed by atoms with Crippen molar-refractivity contribution in [2.75, 3.05) is 0 Å². The molecule has 128 valence electrons. The summed E-state index contributed by atoms with van der Waals surface area (Å²) >= 11 is 0. The molecule has 0 bridgehead atoms. The highest BCUT2D eigenvalue weighted by atomic mass is 14.8. The predicted octanol–water partition coefficient (Wildman–Crippen LogP) is 5.53. The van der Waals surface area contributed by atoms with Crippen molar-refractivity contribution in [2.45, 2.75) is 122 Å². The molecule has 0 amide bonds. The molecular formula is C19H42N2. The molecule has 0 aliphatic rings. The molecule has 21 heavy (non-hydrogen) atoms. The molecule has 0 fully saturated rings. The van der Waals surface area contributed by atoms with Crippen molar-refractivity contribution in [1.82, 2.24) is 0 Å². The first-order valence-corrected chi connectivity index (χ1v) is 9.69. The summed E-state index contributed by atoms with van der Waals surface area (Å²) in [6.07, 6.45) is 20.8. The highest BCUT2D eigenvalue weighted by Crippen LogP contribution is 2.13. The Balaban J connectivity index is 3.03. The minimum atomic E-state index is 0.145. The summed E-state index contributed by atoms with van der Waals surface area (Å²) in [7, 11) is 0. The summed E-state index contributed by atoms with van der Waals surface area (Å²) in [5, 5.41) is 0. The standard InChI is InChI=1S/C19H42N2/c1-3-4-5-6-7-8-9-10-11-12-13-14-15-16-17-19(21)18(2)20/h18-19H,3-17,20-21H2,1-2H3. The first kappa shape index (κ1) is 20.9. The van der Waals surface area contributed by atoms with Crippen LogP contribution in [0.2, 0.25) is 0 Å². The number of hydrogen-bond acceptors (Lipinski definition) is 2. The number of hydrogen-bond donors (Lipinski definition) is 2. The molecule has 0 aliphatic carbocycles. The van der Waals surface area contributed by atoms with Gasteiger partial charge in [-0.1, -0.05) is 96.8 Å². The zero-order chi connectivity index (χ0) is 15.8. The van der Waals surface area contributed by atoms with Gasteiger partial charge in [0.05, 0.1) is 0 Å². The van der Waals surface area contributed by atoms with Crippen LogP contribution in [0.5, 0.6) is 0 Å². The molecule has 0 saturated carbocycles. The molecule has 0 saturated heterocycles. The van der Waals surface area contributed by atoms with E-state index in [1.807, 2.05) is 6.92 Å². The molecule has 0 spiro atoms. The van der Waals surface area contributed by atoms with E-state index in [-0.39, 0.29) is 12.1 Å². The van der Waals surface area contributed by atoms with E-state index in [2.05, 4.69) is 6.92 Å². The first-order valence-electron chi connectivity index (χ1n) is 9.69. The normalized spacial score (nSPS) is 14.3. The second-order valence-electron chi connectivity index (χ2n) is 6.91. The Kier molecular flexibility index (Phi) is 16.2. The van der Waals surface area contributed by atoms with Gasteiger partial charge in [0.2, 0.25) is 0 Å². The molecule has 2 unspecified atom stereocenters. The third-order valence-electron chi connectivity index (χ3n) is 4.57. The van der Waals surface area contributed by atoms with Crippen molar-refractivity contribution >= 4 is 0 Å². The van der Waals surface area contributed by atoms with Crippen LogP contribution in [0.1, 0.15) is 110 Å². The van der Waals surface area contributed by atoms with Crippen LogP contribution in [-0.4, -0.2) is 12.1 Å². The minimum Gasteiger partial charge on any atom is -0.327 e. The topological polar surface area (TPSA) is 52.0 Å². The van der Waals surface area contributed by atoms with Gasteiger partial charge >= 0.3 is 0 Å². The van der Waals surface area contributed by atoms with Gasteiger partial charge in [0.15, 0.2) is 0 Å². The molecule has 0 aromatic heterocycles. The van der Waals surface area contributed by atoms with Crippen LogP contribution in [0.3, 0.4) is 0 Å². The van der Waals surface area contributed by atoms with Crippen molar-refractivity contribution < 1.29 is 0 Å². The molecule has 2 heteroatoms. The highest BCUT2D eigenvalue weighted by Gasteiger charge is 2.06. The lowest BCUT2D eigenvalue weighted by Crippen LogP contribution is -2.38. The monoisotopic (exact) mass is 298 g/mol. The second kappa shape index (κ2) is 16.3. The highest BCUT2D eigenvalue weighted by molar-refractivity contribution is 4.70. The van der Waals surface area contributed by atoms with Gasteiger partial charge in [0.25, 0.3) is 0 Å². The first-order chi connectivity index (χ1) is 10.2. The Morgan fingerprint density at radius 1 is 0.571 bits per heavy atom. The number of nitrogens with two attached hydrogens (primary N) is 2. The van der Waals surface area contributed by atoms with E-state index >= 15 is 0 Å². The Labute approximate surface area is 134 Å². The van der Waals surface area contributed by atoms with Crippen LogP contribution >= 0.6 is 0 Å². The van der Waals surface area contributed by atoms with Crippen molar-refractivity contribution in [3.8, 4) is 0 Å². The van der Waals surface area contributed by atoms with E-state index in [0.29, 0.717) is 0 Å². The van der Waals surface area contributed by atoms with Gasteiger partial charge in [-0.15, -0.1) is 0 Å². The molecule has 2 atom stereocenters. The fraction of sp³-hybridized carbons (Fsp3) is 1.00. The fourth-order valence-electron chi connectivity index (χ4n) is 2.84. The summed E-state index contributed by atoms with van der Waals surface area (Å²) in [6.45, 7) is 4.29. The average molecular weight is 299 g/mol. The molecule has 4 N–H and O–H groups in total. The van der Waals surface area contributed by atoms with E-state index < -0.39 is 0 Å². The van der Waals surface area contributed by atoms with Crippen LogP contribution < -0.4 is 11.5 Å². The Hall–Kier alpha value is -0.0800. The maximum Gasteiger partial charge on any atom is 0.0189 e. The molecule has 0 rings (SSSR count). The summed E-state index contributed by atoms with van der Waals surface area (Å²) < 4.78 is 0.